The Kier molecular flexibility index (Phi) is 7.19. The summed E-state index contributed by atoms with van der Waals surface area (Å²) in [6, 6.07) is 24.6. The van der Waals surface area contributed by atoms with Crippen molar-refractivity contribution in [2.45, 2.75) is 37.8 Å². The van der Waals surface area contributed by atoms with Crippen LogP contribution in [-0.2, 0) is 17.6 Å². The molecule has 188 valence electrons. The predicted molar refractivity (Wildman–Crippen MR) is 142 cm³/mol. The zero-order valence-corrected chi connectivity index (χ0v) is 20.4. The van der Waals surface area contributed by atoms with Crippen molar-refractivity contribution < 1.29 is 24.2 Å². The van der Waals surface area contributed by atoms with Crippen molar-refractivity contribution in [2.24, 2.45) is 0 Å². The van der Waals surface area contributed by atoms with Crippen molar-refractivity contribution in [3.63, 3.8) is 0 Å². The third-order valence-electron chi connectivity index (χ3n) is 6.85. The van der Waals surface area contributed by atoms with E-state index in [-0.39, 0.29) is 17.5 Å². The lowest BCUT2D eigenvalue weighted by atomic mass is 10.0. The molecule has 6 heteroatoms. The van der Waals surface area contributed by atoms with Gasteiger partial charge < -0.3 is 19.5 Å². The summed E-state index contributed by atoms with van der Waals surface area (Å²) in [7, 11) is 0. The van der Waals surface area contributed by atoms with Gasteiger partial charge in [0.1, 0.15) is 11.3 Å². The van der Waals surface area contributed by atoms with E-state index in [1.165, 1.54) is 0 Å². The van der Waals surface area contributed by atoms with Crippen LogP contribution in [0.4, 0.5) is 0 Å². The highest BCUT2D eigenvalue weighted by molar-refractivity contribution is 5.87. The molecule has 1 amide bonds. The minimum Gasteiger partial charge on any atom is -0.478 e. The molecule has 1 saturated heterocycles. The van der Waals surface area contributed by atoms with Crippen molar-refractivity contribution in [1.29, 1.82) is 0 Å². The summed E-state index contributed by atoms with van der Waals surface area (Å²) in [4.78, 5) is 25.3. The lowest BCUT2D eigenvalue weighted by Crippen LogP contribution is -2.33. The third-order valence-corrected chi connectivity index (χ3v) is 6.85. The second-order valence-electron chi connectivity index (χ2n) is 9.45. The maximum atomic E-state index is 12.5. The molecule has 1 fully saturated rings. The second-order valence-corrected chi connectivity index (χ2v) is 9.45. The fourth-order valence-electron chi connectivity index (χ4n) is 4.85. The van der Waals surface area contributed by atoms with Gasteiger partial charge in [-0.3, -0.25) is 4.79 Å². The number of nitrogens with zero attached hydrogens (tertiary/aromatic N) is 1. The van der Waals surface area contributed by atoms with E-state index in [4.69, 9.17) is 9.52 Å². The van der Waals surface area contributed by atoms with Gasteiger partial charge >= 0.3 is 5.97 Å². The lowest BCUT2D eigenvalue weighted by Gasteiger charge is -2.23. The molecule has 2 heterocycles. The average molecular weight is 496 g/mol. The standard InChI is InChI=1S/C31H29NO5/c33-27(19-22-4-3-6-24(18-22)29-20-25-5-1-2-7-28(25)37-29)14-12-26-13-15-30(34)32(26)17-16-21-8-10-23(11-9-21)31(35)36/h1-12,14,18,20,26-27,33H,13,15-17,19H2,(H,35,36)/t26-,27+/m0/s1. The van der Waals surface area contributed by atoms with E-state index in [9.17, 15) is 14.7 Å². The maximum Gasteiger partial charge on any atom is 0.335 e. The zero-order chi connectivity index (χ0) is 25.8. The number of carboxylic acid groups (broad SMARTS) is 1. The third kappa shape index (κ3) is 5.81. The normalized spacial score (nSPS) is 16.6. The lowest BCUT2D eigenvalue weighted by molar-refractivity contribution is -0.128. The number of carbonyl (C=O) groups is 2. The number of hydrogen-bond donors (Lipinski definition) is 2. The molecule has 0 spiro atoms. The molecule has 0 aliphatic carbocycles. The minimum absolute atomic E-state index is 0.0534. The van der Waals surface area contributed by atoms with Crippen LogP contribution in [0.25, 0.3) is 22.3 Å². The fourth-order valence-corrected chi connectivity index (χ4v) is 4.85. The van der Waals surface area contributed by atoms with Gasteiger partial charge in [0, 0.05) is 30.3 Å². The van der Waals surface area contributed by atoms with Crippen molar-refractivity contribution in [2.75, 3.05) is 6.54 Å². The van der Waals surface area contributed by atoms with Gasteiger partial charge in [-0.25, -0.2) is 4.79 Å². The predicted octanol–water partition coefficient (Wildman–Crippen LogP) is 5.49. The summed E-state index contributed by atoms with van der Waals surface area (Å²) in [6.07, 6.45) is 5.36. The van der Waals surface area contributed by atoms with Crippen LogP contribution < -0.4 is 0 Å². The number of carbonyl (C=O) groups excluding carboxylic acids is 1. The number of hydrogen-bond acceptors (Lipinski definition) is 4. The van der Waals surface area contributed by atoms with E-state index in [1.54, 1.807) is 30.3 Å². The van der Waals surface area contributed by atoms with E-state index in [2.05, 4.69) is 0 Å². The molecule has 0 saturated carbocycles. The van der Waals surface area contributed by atoms with Crippen molar-refractivity contribution in [1.82, 2.24) is 4.90 Å². The number of aliphatic hydroxyl groups is 1. The Morgan fingerprint density at radius 2 is 1.84 bits per heavy atom. The van der Waals surface area contributed by atoms with Crippen LogP contribution >= 0.6 is 0 Å². The monoisotopic (exact) mass is 495 g/mol. The van der Waals surface area contributed by atoms with Crippen LogP contribution in [0.15, 0.2) is 95.4 Å². The number of amides is 1. The molecule has 37 heavy (non-hydrogen) atoms. The molecule has 2 N–H and O–H groups in total. The van der Waals surface area contributed by atoms with Gasteiger partial charge in [0.15, 0.2) is 0 Å². The van der Waals surface area contributed by atoms with Gasteiger partial charge in [0.05, 0.1) is 17.7 Å². The molecular weight excluding hydrogens is 466 g/mol. The SMILES string of the molecule is O=C(O)c1ccc(CCN2C(=O)CC[C@@H]2C=C[C@@H](O)Cc2cccc(-c3cc4ccccc4o3)c2)cc1. The topological polar surface area (TPSA) is 91.0 Å². The largest absolute Gasteiger partial charge is 0.478 e. The van der Waals surface area contributed by atoms with Crippen molar-refractivity contribution in [3.8, 4) is 11.3 Å². The van der Waals surface area contributed by atoms with E-state index >= 15 is 0 Å². The van der Waals surface area contributed by atoms with Gasteiger partial charge in [-0.05, 0) is 54.3 Å². The molecule has 3 aromatic carbocycles. The first-order valence-corrected chi connectivity index (χ1v) is 12.5. The first-order chi connectivity index (χ1) is 18.0. The zero-order valence-electron chi connectivity index (χ0n) is 20.4. The van der Waals surface area contributed by atoms with Gasteiger partial charge in [-0.1, -0.05) is 60.7 Å². The molecule has 6 nitrogen and oxygen atoms in total. The highest BCUT2D eigenvalue weighted by Gasteiger charge is 2.28. The van der Waals surface area contributed by atoms with E-state index in [1.807, 2.05) is 65.6 Å². The van der Waals surface area contributed by atoms with Gasteiger partial charge in [0.2, 0.25) is 5.91 Å². The summed E-state index contributed by atoms with van der Waals surface area (Å²) in [5.41, 5.74) is 4.04. The summed E-state index contributed by atoms with van der Waals surface area (Å²) in [5, 5.41) is 20.8. The molecule has 1 aliphatic rings. The summed E-state index contributed by atoms with van der Waals surface area (Å²) < 4.78 is 5.98. The molecule has 0 radical (unpaired) electrons. The van der Waals surface area contributed by atoms with Crippen LogP contribution in [0, 0.1) is 0 Å². The number of furan rings is 1. The highest BCUT2D eigenvalue weighted by Crippen LogP contribution is 2.28. The van der Waals surface area contributed by atoms with E-state index in [0.29, 0.717) is 25.8 Å². The Morgan fingerprint density at radius 3 is 2.62 bits per heavy atom. The Bertz CT molecular complexity index is 1400. The first-order valence-electron chi connectivity index (χ1n) is 12.5. The quantitative estimate of drug-likeness (QED) is 0.300. The Morgan fingerprint density at radius 1 is 1.03 bits per heavy atom. The second kappa shape index (κ2) is 10.8. The molecule has 0 bridgehead atoms. The number of likely N-dealkylation sites (tertiary alicyclic amines) is 1. The van der Waals surface area contributed by atoms with Crippen LogP contribution in [0.5, 0.6) is 0 Å². The first kappa shape index (κ1) is 24.5. The van der Waals surface area contributed by atoms with Gasteiger partial charge in [-0.15, -0.1) is 0 Å². The average Bonchev–Trinajstić information content (AvgIpc) is 3.50. The van der Waals surface area contributed by atoms with Crippen LogP contribution in [0.1, 0.15) is 34.3 Å². The summed E-state index contributed by atoms with van der Waals surface area (Å²) >= 11 is 0. The minimum atomic E-state index is -0.953. The van der Waals surface area contributed by atoms with Gasteiger partial charge in [-0.2, -0.15) is 0 Å². The van der Waals surface area contributed by atoms with Crippen molar-refractivity contribution in [3.05, 3.63) is 108 Å². The van der Waals surface area contributed by atoms with Crippen LogP contribution in [0.2, 0.25) is 0 Å². The van der Waals surface area contributed by atoms with Crippen LogP contribution in [0.3, 0.4) is 0 Å². The summed E-state index contributed by atoms with van der Waals surface area (Å²) in [5.74, 6) is -0.0538. The van der Waals surface area contributed by atoms with Gasteiger partial charge in [0.25, 0.3) is 0 Å². The summed E-state index contributed by atoms with van der Waals surface area (Å²) in [6.45, 7) is 0.551. The van der Waals surface area contributed by atoms with Crippen molar-refractivity contribution >= 4 is 22.8 Å². The van der Waals surface area contributed by atoms with E-state index in [0.717, 1.165) is 39.8 Å². The number of carboxylic acids is 1. The van der Waals surface area contributed by atoms with Crippen LogP contribution in [-0.4, -0.2) is 45.7 Å². The Hall–Kier alpha value is -4.16. The molecule has 2 atom stereocenters. The molecular formula is C31H29NO5. The number of benzene rings is 3. The molecule has 1 aliphatic heterocycles. The Labute approximate surface area is 215 Å². The fraction of sp³-hybridized carbons (Fsp3) is 0.226. The molecule has 1 aromatic heterocycles. The molecule has 0 unspecified atom stereocenters. The number of aromatic carboxylic acids is 1. The smallest absolute Gasteiger partial charge is 0.335 e. The number of aliphatic hydroxyl groups excluding tert-OH is 1. The molecule has 5 rings (SSSR count). The Balaban J connectivity index is 1.20. The number of fused-ring (bicyclic) bond motifs is 1. The number of para-hydroxylation sites is 1. The highest BCUT2D eigenvalue weighted by atomic mass is 16.4. The number of rotatable bonds is 9. The maximum absolute atomic E-state index is 12.5. The van der Waals surface area contributed by atoms with E-state index < -0.39 is 12.1 Å². The molecule has 4 aromatic rings.